The molecule has 1 aromatic rings. The molecule has 0 aromatic heterocycles. The SMILES string of the molecule is CNC1CCC23Oc4c(c(C)cc5c4CNC5=O)C[C@]2(C)[C@@H](C)CCC3C1(C)C. The van der Waals surface area contributed by atoms with Crippen molar-refractivity contribution in [3.8, 4) is 5.75 Å². The summed E-state index contributed by atoms with van der Waals surface area (Å²) in [4.78, 5) is 12.4. The summed E-state index contributed by atoms with van der Waals surface area (Å²) in [6.07, 6.45) is 5.79. The predicted molar refractivity (Wildman–Crippen MR) is 115 cm³/mol. The van der Waals surface area contributed by atoms with Crippen LogP contribution >= 0.6 is 0 Å². The molecule has 2 fully saturated rings. The Hall–Kier alpha value is -1.55. The van der Waals surface area contributed by atoms with Gasteiger partial charge in [0.1, 0.15) is 11.4 Å². The highest BCUT2D eigenvalue weighted by Crippen LogP contribution is 2.66. The Bertz CT molecular complexity index is 891. The van der Waals surface area contributed by atoms with Crippen LogP contribution in [0.3, 0.4) is 0 Å². The van der Waals surface area contributed by atoms with Gasteiger partial charge in [-0.05, 0) is 74.6 Å². The molecule has 2 heterocycles. The maximum atomic E-state index is 12.4. The molecular weight excluding hydrogens is 360 g/mol. The molecule has 158 valence electrons. The third-order valence-corrected chi connectivity index (χ3v) is 9.66. The fourth-order valence-electron chi connectivity index (χ4n) is 7.68. The summed E-state index contributed by atoms with van der Waals surface area (Å²) in [5.41, 5.74) is 4.61. The third kappa shape index (κ3) is 2.27. The summed E-state index contributed by atoms with van der Waals surface area (Å²) in [7, 11) is 2.11. The number of amides is 1. The molecular formula is C25H36N2O2. The Labute approximate surface area is 175 Å². The van der Waals surface area contributed by atoms with E-state index in [0.717, 1.165) is 36.1 Å². The smallest absolute Gasteiger partial charge is 0.252 e. The van der Waals surface area contributed by atoms with Crippen LogP contribution in [0.5, 0.6) is 5.75 Å². The number of benzene rings is 1. The van der Waals surface area contributed by atoms with E-state index in [2.05, 4.69) is 58.4 Å². The standard InChI is InChI=1S/C25H36N2O2/c1-14-11-16-18(13-27-22(16)28)21-17(14)12-24(5)15(2)7-8-19-23(3,4)20(26-6)9-10-25(19,24)29-21/h11,15,19-20,26H,7-10,12-13H2,1-6H3,(H,27,28)/t15-,19?,20?,24+,25?/m0/s1. The summed E-state index contributed by atoms with van der Waals surface area (Å²) in [5.74, 6) is 2.22. The summed E-state index contributed by atoms with van der Waals surface area (Å²) < 4.78 is 7.28. The lowest BCUT2D eigenvalue weighted by Gasteiger charge is -2.67. The van der Waals surface area contributed by atoms with Crippen molar-refractivity contribution in [2.45, 2.75) is 84.9 Å². The Kier molecular flexibility index (Phi) is 4.01. The second-order valence-corrected chi connectivity index (χ2v) is 11.0. The molecule has 29 heavy (non-hydrogen) atoms. The van der Waals surface area contributed by atoms with E-state index in [1.165, 1.54) is 24.0 Å². The van der Waals surface area contributed by atoms with Gasteiger partial charge in [0.15, 0.2) is 0 Å². The van der Waals surface area contributed by atoms with Gasteiger partial charge in [0.05, 0.1) is 0 Å². The first-order valence-electron chi connectivity index (χ1n) is 11.5. The first kappa shape index (κ1) is 19.4. The summed E-state index contributed by atoms with van der Waals surface area (Å²) in [6.45, 7) is 12.6. The second-order valence-electron chi connectivity index (χ2n) is 11.0. The molecule has 2 aliphatic heterocycles. The van der Waals surface area contributed by atoms with Crippen LogP contribution in [0, 0.1) is 29.6 Å². The van der Waals surface area contributed by atoms with E-state index in [9.17, 15) is 4.79 Å². The molecule has 2 aliphatic carbocycles. The Balaban J connectivity index is 1.71. The molecule has 0 radical (unpaired) electrons. The lowest BCUT2D eigenvalue weighted by molar-refractivity contribution is -0.216. The molecule has 0 bridgehead atoms. The lowest BCUT2D eigenvalue weighted by Crippen LogP contribution is -2.71. The van der Waals surface area contributed by atoms with Crippen LogP contribution in [-0.4, -0.2) is 24.6 Å². The van der Waals surface area contributed by atoms with Crippen molar-refractivity contribution in [3.05, 3.63) is 28.3 Å². The maximum Gasteiger partial charge on any atom is 0.252 e. The quantitative estimate of drug-likeness (QED) is 0.741. The van der Waals surface area contributed by atoms with Gasteiger partial charge >= 0.3 is 0 Å². The molecule has 1 aromatic carbocycles. The van der Waals surface area contributed by atoms with Gasteiger partial charge in [-0.15, -0.1) is 0 Å². The molecule has 0 saturated heterocycles. The van der Waals surface area contributed by atoms with Gasteiger partial charge in [-0.3, -0.25) is 4.79 Å². The number of carbonyl (C=O) groups excluding carboxylic acids is 1. The fourth-order valence-corrected chi connectivity index (χ4v) is 7.68. The van der Waals surface area contributed by atoms with Gasteiger partial charge in [-0.25, -0.2) is 0 Å². The highest BCUT2D eigenvalue weighted by atomic mass is 16.5. The average molecular weight is 397 g/mol. The van der Waals surface area contributed by atoms with E-state index in [0.29, 0.717) is 24.4 Å². The van der Waals surface area contributed by atoms with E-state index in [1.54, 1.807) is 0 Å². The number of fused-ring (bicyclic) bond motifs is 3. The zero-order valence-electron chi connectivity index (χ0n) is 18.9. The highest BCUT2D eigenvalue weighted by molar-refractivity contribution is 5.99. The van der Waals surface area contributed by atoms with Gasteiger partial charge in [0.25, 0.3) is 5.91 Å². The topological polar surface area (TPSA) is 50.4 Å². The number of rotatable bonds is 1. The van der Waals surface area contributed by atoms with Crippen LogP contribution < -0.4 is 15.4 Å². The van der Waals surface area contributed by atoms with Gasteiger partial charge in [-0.2, -0.15) is 0 Å². The minimum absolute atomic E-state index is 0.0492. The minimum atomic E-state index is -0.151. The van der Waals surface area contributed by atoms with Crippen molar-refractivity contribution in [1.82, 2.24) is 10.6 Å². The van der Waals surface area contributed by atoms with E-state index >= 15 is 0 Å². The number of ether oxygens (including phenoxy) is 1. The van der Waals surface area contributed by atoms with Crippen molar-refractivity contribution >= 4 is 5.91 Å². The summed E-state index contributed by atoms with van der Waals surface area (Å²) >= 11 is 0. The van der Waals surface area contributed by atoms with E-state index in [4.69, 9.17) is 4.74 Å². The molecule has 2 saturated carbocycles. The molecule has 1 spiro atoms. The number of aryl methyl sites for hydroxylation is 1. The van der Waals surface area contributed by atoms with Gasteiger partial charge in [0, 0.05) is 35.0 Å². The van der Waals surface area contributed by atoms with E-state index in [1.807, 2.05) is 0 Å². The molecule has 3 unspecified atom stereocenters. The number of hydrogen-bond acceptors (Lipinski definition) is 3. The van der Waals surface area contributed by atoms with Crippen molar-refractivity contribution in [2.24, 2.45) is 22.7 Å². The molecule has 4 heteroatoms. The van der Waals surface area contributed by atoms with Crippen molar-refractivity contribution in [2.75, 3.05) is 7.05 Å². The zero-order chi connectivity index (χ0) is 20.8. The third-order valence-electron chi connectivity index (χ3n) is 9.66. The predicted octanol–water partition coefficient (Wildman–Crippen LogP) is 4.37. The van der Waals surface area contributed by atoms with Crippen LogP contribution in [0.4, 0.5) is 0 Å². The lowest BCUT2D eigenvalue weighted by atomic mass is 9.43. The minimum Gasteiger partial charge on any atom is -0.486 e. The molecule has 1 amide bonds. The molecule has 4 aliphatic rings. The number of carbonyl (C=O) groups is 1. The van der Waals surface area contributed by atoms with Crippen molar-refractivity contribution < 1.29 is 9.53 Å². The first-order valence-corrected chi connectivity index (χ1v) is 11.5. The normalized spacial score (nSPS) is 39.5. The van der Waals surface area contributed by atoms with Gasteiger partial charge < -0.3 is 15.4 Å². The van der Waals surface area contributed by atoms with Gasteiger partial charge in [-0.1, -0.05) is 27.7 Å². The van der Waals surface area contributed by atoms with Crippen LogP contribution in [0.1, 0.15) is 80.4 Å². The second kappa shape index (κ2) is 6.00. The summed E-state index contributed by atoms with van der Waals surface area (Å²) in [5, 5.41) is 6.63. The van der Waals surface area contributed by atoms with Crippen LogP contribution in [0.25, 0.3) is 0 Å². The van der Waals surface area contributed by atoms with Crippen molar-refractivity contribution in [1.29, 1.82) is 0 Å². The van der Waals surface area contributed by atoms with Crippen LogP contribution in [0.2, 0.25) is 0 Å². The maximum absolute atomic E-state index is 12.4. The number of nitrogens with one attached hydrogen (secondary N) is 2. The fraction of sp³-hybridized carbons (Fsp3) is 0.720. The molecule has 2 N–H and O–H groups in total. The largest absolute Gasteiger partial charge is 0.486 e. The van der Waals surface area contributed by atoms with Crippen LogP contribution in [0.15, 0.2) is 6.07 Å². The monoisotopic (exact) mass is 396 g/mol. The Morgan fingerprint density at radius 3 is 2.66 bits per heavy atom. The van der Waals surface area contributed by atoms with E-state index < -0.39 is 0 Å². The zero-order valence-corrected chi connectivity index (χ0v) is 18.9. The van der Waals surface area contributed by atoms with E-state index in [-0.39, 0.29) is 22.3 Å². The number of hydrogen-bond donors (Lipinski definition) is 2. The summed E-state index contributed by atoms with van der Waals surface area (Å²) in [6, 6.07) is 2.61. The molecule has 5 atom stereocenters. The molecule has 5 rings (SSSR count). The highest BCUT2D eigenvalue weighted by Gasteiger charge is 2.67. The van der Waals surface area contributed by atoms with Crippen LogP contribution in [-0.2, 0) is 13.0 Å². The van der Waals surface area contributed by atoms with Crippen molar-refractivity contribution in [3.63, 3.8) is 0 Å². The first-order chi connectivity index (χ1) is 13.7. The Morgan fingerprint density at radius 2 is 1.93 bits per heavy atom. The molecule has 4 nitrogen and oxygen atoms in total. The Morgan fingerprint density at radius 1 is 1.17 bits per heavy atom. The average Bonchev–Trinajstić information content (AvgIpc) is 3.03. The van der Waals surface area contributed by atoms with Gasteiger partial charge in [0.2, 0.25) is 0 Å².